The predicted molar refractivity (Wildman–Crippen MR) is 165 cm³/mol. The van der Waals surface area contributed by atoms with Gasteiger partial charge in [0.25, 0.3) is 11.8 Å². The molecule has 4 aromatic carbocycles. The molecule has 10 heteroatoms. The standard InChI is InChI=1S/C34H30F3N5O2/c1-21-6-7-25(32(43)38-27-5-3-4-26(20-27)34(35,36)37)18-29(21)24-12-13-28-30(19-24)39-40-31(28)22-8-10-23(11-9-22)33(44)42-16-14-41(2)15-17-42/h3-13,18-20H,14-17H2,1-2H3,(H,38,43)(H,39,40). The summed E-state index contributed by atoms with van der Waals surface area (Å²) in [6.07, 6.45) is -4.50. The lowest BCUT2D eigenvalue weighted by Crippen LogP contribution is -2.47. The molecule has 6 rings (SSSR count). The van der Waals surface area contributed by atoms with Crippen molar-refractivity contribution in [1.82, 2.24) is 20.0 Å². The zero-order chi connectivity index (χ0) is 31.0. The van der Waals surface area contributed by atoms with Gasteiger partial charge in [-0.25, -0.2) is 0 Å². The van der Waals surface area contributed by atoms with Crippen LogP contribution in [-0.2, 0) is 6.18 Å². The molecule has 0 aliphatic carbocycles. The number of nitrogens with zero attached hydrogens (tertiary/aromatic N) is 3. The molecule has 1 saturated heterocycles. The summed E-state index contributed by atoms with van der Waals surface area (Å²) in [6, 6.07) is 23.1. The quantitative estimate of drug-likeness (QED) is 0.232. The van der Waals surface area contributed by atoms with Gasteiger partial charge in [-0.05, 0) is 85.3 Å². The van der Waals surface area contributed by atoms with Gasteiger partial charge in [0.15, 0.2) is 0 Å². The summed E-state index contributed by atoms with van der Waals surface area (Å²) in [6.45, 7) is 5.08. The third-order valence-corrected chi connectivity index (χ3v) is 8.02. The van der Waals surface area contributed by atoms with Gasteiger partial charge in [0.1, 0.15) is 0 Å². The first kappa shape index (κ1) is 29.1. The van der Waals surface area contributed by atoms with E-state index in [1.54, 1.807) is 12.1 Å². The van der Waals surface area contributed by atoms with Crippen LogP contribution in [0.15, 0.2) is 84.9 Å². The normalized spacial score (nSPS) is 14.2. The van der Waals surface area contributed by atoms with E-state index in [2.05, 4.69) is 27.5 Å². The number of hydrogen-bond donors (Lipinski definition) is 2. The average molecular weight is 598 g/mol. The fraction of sp³-hybridized carbons (Fsp3) is 0.206. The molecule has 2 heterocycles. The van der Waals surface area contributed by atoms with Gasteiger partial charge in [-0.2, -0.15) is 18.3 Å². The number of halogens is 3. The topological polar surface area (TPSA) is 81.3 Å². The number of aryl methyl sites for hydroxylation is 1. The van der Waals surface area contributed by atoms with Crippen molar-refractivity contribution >= 4 is 28.4 Å². The van der Waals surface area contributed by atoms with E-state index in [4.69, 9.17) is 0 Å². The Morgan fingerprint density at radius 2 is 1.55 bits per heavy atom. The number of H-pyrrole nitrogens is 1. The summed E-state index contributed by atoms with van der Waals surface area (Å²) in [4.78, 5) is 30.0. The van der Waals surface area contributed by atoms with Crippen molar-refractivity contribution in [2.45, 2.75) is 13.1 Å². The predicted octanol–water partition coefficient (Wildman–Crippen LogP) is 6.86. The summed E-state index contributed by atoms with van der Waals surface area (Å²) in [5.74, 6) is -0.479. The van der Waals surface area contributed by atoms with Crippen LogP contribution in [0.2, 0.25) is 0 Å². The Morgan fingerprint density at radius 1 is 0.841 bits per heavy atom. The molecule has 1 aliphatic rings. The van der Waals surface area contributed by atoms with Gasteiger partial charge in [0, 0.05) is 53.9 Å². The highest BCUT2D eigenvalue weighted by molar-refractivity contribution is 6.05. The number of anilines is 1. The van der Waals surface area contributed by atoms with Crippen LogP contribution in [0.25, 0.3) is 33.3 Å². The third-order valence-electron chi connectivity index (χ3n) is 8.02. The van der Waals surface area contributed by atoms with E-state index in [0.717, 1.165) is 64.1 Å². The van der Waals surface area contributed by atoms with Gasteiger partial charge in [0.2, 0.25) is 0 Å². The highest BCUT2D eigenvalue weighted by Crippen LogP contribution is 2.33. The van der Waals surface area contributed by atoms with E-state index in [1.807, 2.05) is 60.4 Å². The first-order chi connectivity index (χ1) is 21.1. The SMILES string of the molecule is Cc1ccc(C(=O)Nc2cccc(C(F)(F)F)c2)cc1-c1ccc2c(-c3ccc(C(=O)N4CCN(C)CC4)cc3)n[nH]c2c1. The Morgan fingerprint density at radius 3 is 2.27 bits per heavy atom. The minimum atomic E-state index is -4.50. The Labute approximate surface area is 252 Å². The van der Waals surface area contributed by atoms with E-state index in [1.165, 1.54) is 12.1 Å². The number of alkyl halides is 3. The zero-order valence-electron chi connectivity index (χ0n) is 24.2. The molecule has 0 radical (unpaired) electrons. The summed E-state index contributed by atoms with van der Waals surface area (Å²) < 4.78 is 39.3. The second-order valence-corrected chi connectivity index (χ2v) is 11.1. The van der Waals surface area contributed by atoms with Crippen molar-refractivity contribution < 1.29 is 22.8 Å². The number of nitrogens with one attached hydrogen (secondary N) is 2. The average Bonchev–Trinajstić information content (AvgIpc) is 3.44. The monoisotopic (exact) mass is 597 g/mol. The molecule has 5 aromatic rings. The molecule has 2 N–H and O–H groups in total. The number of hydrogen-bond acceptors (Lipinski definition) is 4. The minimum absolute atomic E-state index is 0.0299. The number of amides is 2. The molecule has 0 saturated carbocycles. The first-order valence-corrected chi connectivity index (χ1v) is 14.2. The van der Waals surface area contributed by atoms with Crippen LogP contribution in [0, 0.1) is 6.92 Å². The molecular weight excluding hydrogens is 567 g/mol. The lowest BCUT2D eigenvalue weighted by Gasteiger charge is -2.32. The summed E-state index contributed by atoms with van der Waals surface area (Å²) in [5.41, 5.74) is 5.23. The number of rotatable bonds is 5. The molecule has 1 aromatic heterocycles. The van der Waals surface area contributed by atoms with Crippen molar-refractivity contribution in [3.63, 3.8) is 0 Å². The third kappa shape index (κ3) is 5.93. The minimum Gasteiger partial charge on any atom is -0.336 e. The number of carbonyl (C=O) groups is 2. The molecular formula is C34H30F3N5O2. The number of piperazine rings is 1. The van der Waals surface area contributed by atoms with E-state index in [9.17, 15) is 22.8 Å². The maximum absolute atomic E-state index is 13.1. The van der Waals surface area contributed by atoms with E-state index >= 15 is 0 Å². The maximum atomic E-state index is 13.1. The molecule has 0 atom stereocenters. The molecule has 0 spiro atoms. The van der Waals surface area contributed by atoms with Crippen molar-refractivity contribution in [2.75, 3.05) is 38.5 Å². The fourth-order valence-corrected chi connectivity index (χ4v) is 5.42. The second-order valence-electron chi connectivity index (χ2n) is 11.1. The molecule has 224 valence electrons. The maximum Gasteiger partial charge on any atom is 0.416 e. The van der Waals surface area contributed by atoms with E-state index < -0.39 is 17.6 Å². The van der Waals surface area contributed by atoms with Crippen molar-refractivity contribution in [2.24, 2.45) is 0 Å². The first-order valence-electron chi connectivity index (χ1n) is 14.2. The number of benzene rings is 4. The van der Waals surface area contributed by atoms with Gasteiger partial charge >= 0.3 is 6.18 Å². The molecule has 44 heavy (non-hydrogen) atoms. The smallest absolute Gasteiger partial charge is 0.336 e. The second kappa shape index (κ2) is 11.6. The highest BCUT2D eigenvalue weighted by atomic mass is 19.4. The Hall–Kier alpha value is -4.96. The van der Waals surface area contributed by atoms with Gasteiger partial charge < -0.3 is 15.1 Å². The number of likely N-dealkylation sites (N-methyl/N-ethyl adjacent to an activating group) is 1. The molecule has 0 unspecified atom stereocenters. The summed E-state index contributed by atoms with van der Waals surface area (Å²) in [7, 11) is 2.05. The molecule has 1 aliphatic heterocycles. The Bertz CT molecular complexity index is 1860. The van der Waals surface area contributed by atoms with Crippen LogP contribution in [0.1, 0.15) is 31.8 Å². The van der Waals surface area contributed by atoms with Crippen LogP contribution < -0.4 is 5.32 Å². The van der Waals surface area contributed by atoms with Gasteiger partial charge in [-0.15, -0.1) is 0 Å². The van der Waals surface area contributed by atoms with Gasteiger partial charge in [-0.3, -0.25) is 14.7 Å². The van der Waals surface area contributed by atoms with Crippen LogP contribution in [0.4, 0.5) is 18.9 Å². The fourth-order valence-electron chi connectivity index (χ4n) is 5.42. The lowest BCUT2D eigenvalue weighted by atomic mass is 9.96. The van der Waals surface area contributed by atoms with Crippen LogP contribution in [-0.4, -0.2) is 65.0 Å². The van der Waals surface area contributed by atoms with Crippen LogP contribution in [0.3, 0.4) is 0 Å². The molecule has 7 nitrogen and oxygen atoms in total. The number of aromatic nitrogens is 2. The van der Waals surface area contributed by atoms with Gasteiger partial charge in [-0.1, -0.05) is 30.3 Å². The van der Waals surface area contributed by atoms with E-state index in [-0.39, 0.29) is 11.6 Å². The van der Waals surface area contributed by atoms with Crippen molar-refractivity contribution in [3.05, 3.63) is 107 Å². The summed E-state index contributed by atoms with van der Waals surface area (Å²) in [5, 5.41) is 11.1. The van der Waals surface area contributed by atoms with Crippen LogP contribution in [0.5, 0.6) is 0 Å². The van der Waals surface area contributed by atoms with Crippen molar-refractivity contribution in [1.29, 1.82) is 0 Å². The number of carbonyl (C=O) groups excluding carboxylic acids is 2. The number of aromatic amines is 1. The zero-order valence-corrected chi connectivity index (χ0v) is 24.2. The van der Waals surface area contributed by atoms with E-state index in [0.29, 0.717) is 24.2 Å². The van der Waals surface area contributed by atoms with Gasteiger partial charge in [0.05, 0.1) is 16.8 Å². The number of fused-ring (bicyclic) bond motifs is 1. The lowest BCUT2D eigenvalue weighted by molar-refractivity contribution is -0.137. The molecule has 2 amide bonds. The van der Waals surface area contributed by atoms with Crippen LogP contribution >= 0.6 is 0 Å². The van der Waals surface area contributed by atoms with Crippen molar-refractivity contribution in [3.8, 4) is 22.4 Å². The summed E-state index contributed by atoms with van der Waals surface area (Å²) >= 11 is 0. The molecule has 0 bridgehead atoms. The highest BCUT2D eigenvalue weighted by Gasteiger charge is 2.30. The molecule has 1 fully saturated rings. The largest absolute Gasteiger partial charge is 0.416 e. The Kier molecular flexibility index (Phi) is 7.69. The Balaban J connectivity index is 1.22.